The molecule has 3 aromatic rings. The summed E-state index contributed by atoms with van der Waals surface area (Å²) in [5.41, 5.74) is -1.00. The number of piperidine rings is 2. The normalized spacial score (nSPS) is 25.0. The van der Waals surface area contributed by atoms with E-state index in [1.807, 2.05) is 66.7 Å². The van der Waals surface area contributed by atoms with Crippen molar-refractivity contribution in [2.24, 2.45) is 11.8 Å². The van der Waals surface area contributed by atoms with E-state index in [-0.39, 0.29) is 23.9 Å². The molecule has 4 saturated heterocycles. The lowest BCUT2D eigenvalue weighted by Gasteiger charge is -2.56. The minimum atomic E-state index is -4.58. The molecule has 0 spiro atoms. The Morgan fingerprint density at radius 1 is 0.855 bits per heavy atom. The van der Waals surface area contributed by atoms with Crippen molar-refractivity contribution in [2.75, 3.05) is 32.7 Å². The topological polar surface area (TPSA) is 102 Å². The Morgan fingerprint density at radius 2 is 1.53 bits per heavy atom. The molecule has 12 heteroatoms. The Bertz CT molecular complexity index is 1890. The summed E-state index contributed by atoms with van der Waals surface area (Å²) in [6.45, 7) is 4.32. The first kappa shape index (κ1) is 38.3. The van der Waals surface area contributed by atoms with Crippen molar-refractivity contribution in [1.29, 1.82) is 0 Å². The molecule has 5 atom stereocenters. The molecule has 3 aromatic carbocycles. The van der Waals surface area contributed by atoms with Crippen molar-refractivity contribution in [3.8, 4) is 0 Å². The number of nitrogens with one attached hydrogen (secondary N) is 2. The quantitative estimate of drug-likeness (QED) is 0.207. The molecule has 2 N–H and O–H groups in total. The van der Waals surface area contributed by atoms with Crippen LogP contribution in [0.4, 0.5) is 13.2 Å². The van der Waals surface area contributed by atoms with Crippen LogP contribution in [0.3, 0.4) is 0 Å². The fourth-order valence-corrected chi connectivity index (χ4v) is 9.02. The number of carbonyl (C=O) groups is 4. The van der Waals surface area contributed by atoms with E-state index >= 15 is 0 Å². The summed E-state index contributed by atoms with van der Waals surface area (Å²) in [5, 5.41) is 5.68. The number of alkyl halides is 3. The Hall–Kier alpha value is -4.97. The standard InChI is InChI=1S/C43H48F3N5O4/c1-42(40(54)48-27-30-14-11-17-32(26-30)43(44,45)46,41(55)50-24-20-33(21-25-50)49-22-9-4-10-23-49)51-35(19-18-29-12-5-2-6-13-29)37(39(51)53)36-34(28-47-38(36)52)31-15-7-3-8-16-31/h2-3,5-8,11-19,26,33-37H,4,9-10,20-25,27-28H2,1H3,(H,47,52)(H,48,54)/t34-,35-,36?,37-,42?/m1/s1. The number of likely N-dealkylation sites (tertiary alicyclic amines) is 3. The van der Waals surface area contributed by atoms with E-state index in [0.717, 1.165) is 62.0 Å². The van der Waals surface area contributed by atoms with Crippen LogP contribution in [0.2, 0.25) is 0 Å². The van der Waals surface area contributed by atoms with Crippen molar-refractivity contribution in [1.82, 2.24) is 25.3 Å². The highest BCUT2D eigenvalue weighted by atomic mass is 19.4. The van der Waals surface area contributed by atoms with Gasteiger partial charge in [-0.15, -0.1) is 0 Å². The molecule has 4 amide bonds. The summed E-state index contributed by atoms with van der Waals surface area (Å²) in [5.74, 6) is -4.07. The van der Waals surface area contributed by atoms with Crippen molar-refractivity contribution < 1.29 is 32.3 Å². The first-order valence-corrected chi connectivity index (χ1v) is 19.3. The highest BCUT2D eigenvalue weighted by molar-refractivity contribution is 6.13. The molecule has 4 aliphatic rings. The molecule has 4 heterocycles. The summed E-state index contributed by atoms with van der Waals surface area (Å²) in [4.78, 5) is 63.3. The number of nitrogens with zero attached hydrogens (tertiary/aromatic N) is 3. The first-order chi connectivity index (χ1) is 26.5. The minimum absolute atomic E-state index is 0.196. The monoisotopic (exact) mass is 755 g/mol. The Labute approximate surface area is 319 Å². The predicted octanol–water partition coefficient (Wildman–Crippen LogP) is 5.63. The third-order valence-electron chi connectivity index (χ3n) is 12.0. The molecule has 290 valence electrons. The SMILES string of the molecule is CC(C(=O)NCc1cccc(C(F)(F)F)c1)(C(=O)N1CCC(N2CCCCC2)CC1)N1C(=O)[C@@H](C2C(=O)NC[C@@H]2c2ccccc2)[C@H]1C=Cc1ccccc1. The molecule has 9 nitrogen and oxygen atoms in total. The van der Waals surface area contributed by atoms with Gasteiger partial charge in [0.1, 0.15) is 0 Å². The molecule has 0 saturated carbocycles. The van der Waals surface area contributed by atoms with Gasteiger partial charge < -0.3 is 25.3 Å². The lowest BCUT2D eigenvalue weighted by Crippen LogP contribution is -2.77. The summed E-state index contributed by atoms with van der Waals surface area (Å²) in [6.07, 6.45) is 3.99. The smallest absolute Gasteiger partial charge is 0.355 e. The van der Waals surface area contributed by atoms with E-state index in [9.17, 15) is 32.3 Å². The van der Waals surface area contributed by atoms with E-state index < -0.39 is 52.9 Å². The largest absolute Gasteiger partial charge is 0.416 e. The molecule has 0 radical (unpaired) electrons. The number of benzene rings is 3. The lowest BCUT2D eigenvalue weighted by atomic mass is 9.68. The Balaban J connectivity index is 1.23. The average Bonchev–Trinajstić information content (AvgIpc) is 3.58. The van der Waals surface area contributed by atoms with Gasteiger partial charge in [-0.05, 0) is 74.5 Å². The summed E-state index contributed by atoms with van der Waals surface area (Å²) in [7, 11) is 0. The molecule has 55 heavy (non-hydrogen) atoms. The van der Waals surface area contributed by atoms with Crippen molar-refractivity contribution in [3.63, 3.8) is 0 Å². The highest BCUT2D eigenvalue weighted by Gasteiger charge is 2.65. The molecule has 0 bridgehead atoms. The maximum atomic E-state index is 14.9. The van der Waals surface area contributed by atoms with Crippen molar-refractivity contribution in [2.45, 2.75) is 75.3 Å². The molecule has 7 rings (SSSR count). The number of amides is 4. The van der Waals surface area contributed by atoms with Gasteiger partial charge in [-0.3, -0.25) is 19.2 Å². The van der Waals surface area contributed by atoms with E-state index in [1.54, 1.807) is 11.0 Å². The molecule has 0 aromatic heterocycles. The van der Waals surface area contributed by atoms with Gasteiger partial charge in [0.05, 0.1) is 23.4 Å². The summed E-state index contributed by atoms with van der Waals surface area (Å²) >= 11 is 0. The molecular weight excluding hydrogens is 707 g/mol. The van der Waals surface area contributed by atoms with E-state index in [4.69, 9.17) is 0 Å². The second kappa shape index (κ2) is 16.0. The number of β-lactam (4-membered cyclic amide) rings is 1. The van der Waals surface area contributed by atoms with Gasteiger partial charge >= 0.3 is 6.18 Å². The third kappa shape index (κ3) is 7.78. The Morgan fingerprint density at radius 3 is 2.20 bits per heavy atom. The van der Waals surface area contributed by atoms with Crippen LogP contribution >= 0.6 is 0 Å². The van der Waals surface area contributed by atoms with Crippen molar-refractivity contribution in [3.05, 3.63) is 113 Å². The van der Waals surface area contributed by atoms with Crippen LogP contribution in [0.25, 0.3) is 6.08 Å². The van der Waals surface area contributed by atoms with Gasteiger partial charge in [-0.2, -0.15) is 13.2 Å². The summed E-state index contributed by atoms with van der Waals surface area (Å²) in [6, 6.07) is 23.1. The van der Waals surface area contributed by atoms with E-state index in [2.05, 4.69) is 15.5 Å². The number of carbonyl (C=O) groups excluding carboxylic acids is 4. The zero-order valence-corrected chi connectivity index (χ0v) is 31.0. The van der Waals surface area contributed by atoms with Crippen LogP contribution in [0.15, 0.2) is 91.0 Å². The van der Waals surface area contributed by atoms with Gasteiger partial charge in [-0.25, -0.2) is 0 Å². The molecular formula is C43H48F3N5O4. The van der Waals surface area contributed by atoms with Gasteiger partial charge in [-0.1, -0.05) is 91.4 Å². The van der Waals surface area contributed by atoms with E-state index in [1.165, 1.54) is 30.4 Å². The number of rotatable bonds is 10. The lowest BCUT2D eigenvalue weighted by molar-refractivity contribution is -0.181. The van der Waals surface area contributed by atoms with Crippen molar-refractivity contribution >= 4 is 29.7 Å². The number of hydrogen-bond donors (Lipinski definition) is 2. The summed E-state index contributed by atoms with van der Waals surface area (Å²) < 4.78 is 40.7. The van der Waals surface area contributed by atoms with Crippen LogP contribution in [0.1, 0.15) is 67.2 Å². The Kier molecular flexibility index (Phi) is 11.2. The molecule has 4 fully saturated rings. The average molecular weight is 756 g/mol. The van der Waals surface area contributed by atoms with Crippen LogP contribution in [0, 0.1) is 11.8 Å². The van der Waals surface area contributed by atoms with E-state index in [0.29, 0.717) is 25.7 Å². The van der Waals surface area contributed by atoms with Crippen LogP contribution < -0.4 is 10.6 Å². The maximum Gasteiger partial charge on any atom is 0.416 e. The second-order valence-electron chi connectivity index (χ2n) is 15.4. The van der Waals surface area contributed by atoms with Crippen LogP contribution in [-0.2, 0) is 31.9 Å². The highest BCUT2D eigenvalue weighted by Crippen LogP contribution is 2.47. The second-order valence-corrected chi connectivity index (χ2v) is 15.4. The van der Waals surface area contributed by atoms with Gasteiger partial charge in [0.15, 0.2) is 5.54 Å². The third-order valence-corrected chi connectivity index (χ3v) is 12.0. The molecule has 4 aliphatic heterocycles. The predicted molar refractivity (Wildman–Crippen MR) is 202 cm³/mol. The zero-order chi connectivity index (χ0) is 38.7. The number of halogens is 3. The van der Waals surface area contributed by atoms with Gasteiger partial charge in [0, 0.05) is 38.1 Å². The van der Waals surface area contributed by atoms with Crippen LogP contribution in [-0.4, -0.2) is 88.7 Å². The van der Waals surface area contributed by atoms with Gasteiger partial charge in [0.25, 0.3) is 11.8 Å². The molecule has 0 aliphatic carbocycles. The maximum absolute atomic E-state index is 14.9. The van der Waals surface area contributed by atoms with Gasteiger partial charge in [0.2, 0.25) is 11.8 Å². The zero-order valence-electron chi connectivity index (χ0n) is 31.0. The number of hydrogen-bond acceptors (Lipinski definition) is 5. The fourth-order valence-electron chi connectivity index (χ4n) is 9.02. The molecule has 2 unspecified atom stereocenters. The minimum Gasteiger partial charge on any atom is -0.355 e. The van der Waals surface area contributed by atoms with Crippen LogP contribution in [0.5, 0.6) is 0 Å². The first-order valence-electron chi connectivity index (χ1n) is 19.3. The fraction of sp³-hybridized carbons (Fsp3) is 0.442.